The summed E-state index contributed by atoms with van der Waals surface area (Å²) in [6.45, 7) is 2.98. The Hall–Kier alpha value is -0.730. The Morgan fingerprint density at radius 3 is 2.83 bits per heavy atom. The quantitative estimate of drug-likeness (QED) is 0.784. The Labute approximate surface area is 77.3 Å². The van der Waals surface area contributed by atoms with Gasteiger partial charge < -0.3 is 10.5 Å². The van der Waals surface area contributed by atoms with E-state index < -0.39 is 0 Å². The molecule has 2 nitrogen and oxygen atoms in total. The normalized spacial score (nSPS) is 9.92. The van der Waals surface area contributed by atoms with Crippen molar-refractivity contribution < 1.29 is 4.74 Å². The van der Waals surface area contributed by atoms with Crippen LogP contribution in [0.15, 0.2) is 18.2 Å². The lowest BCUT2D eigenvalue weighted by Gasteiger charge is -2.09. The van der Waals surface area contributed by atoms with Crippen LogP contribution in [0.25, 0.3) is 0 Å². The van der Waals surface area contributed by atoms with Crippen molar-refractivity contribution in [3.63, 3.8) is 0 Å². The maximum Gasteiger partial charge on any atom is 0.125 e. The van der Waals surface area contributed by atoms with E-state index in [1.165, 1.54) is 0 Å². The van der Waals surface area contributed by atoms with Crippen molar-refractivity contribution in [3.8, 4) is 5.75 Å². The van der Waals surface area contributed by atoms with Crippen LogP contribution in [0.5, 0.6) is 5.75 Å². The molecule has 0 heterocycles. The Morgan fingerprint density at radius 2 is 2.25 bits per heavy atom. The first-order valence-electron chi connectivity index (χ1n) is 3.89. The molecule has 0 aliphatic heterocycles. The summed E-state index contributed by atoms with van der Waals surface area (Å²) in [4.78, 5) is 0. The highest BCUT2D eigenvalue weighted by Crippen LogP contribution is 2.25. The van der Waals surface area contributed by atoms with Crippen molar-refractivity contribution in [2.24, 2.45) is 5.73 Å². The fraction of sp³-hybridized carbons (Fsp3) is 0.333. The van der Waals surface area contributed by atoms with Gasteiger partial charge in [-0.3, -0.25) is 0 Å². The smallest absolute Gasteiger partial charge is 0.125 e. The van der Waals surface area contributed by atoms with Crippen LogP contribution in [0.2, 0.25) is 5.02 Å². The predicted octanol–water partition coefficient (Wildman–Crippen LogP) is 2.20. The summed E-state index contributed by atoms with van der Waals surface area (Å²) in [7, 11) is 0. The number of benzene rings is 1. The summed E-state index contributed by atoms with van der Waals surface area (Å²) in [5.41, 5.74) is 6.39. The molecule has 66 valence electrons. The van der Waals surface area contributed by atoms with E-state index in [0.717, 1.165) is 11.3 Å². The van der Waals surface area contributed by atoms with Crippen LogP contribution >= 0.6 is 11.6 Å². The van der Waals surface area contributed by atoms with Gasteiger partial charge in [0.15, 0.2) is 0 Å². The monoisotopic (exact) mass is 185 g/mol. The van der Waals surface area contributed by atoms with Gasteiger partial charge >= 0.3 is 0 Å². The molecule has 1 aromatic carbocycles. The zero-order chi connectivity index (χ0) is 8.97. The lowest BCUT2D eigenvalue weighted by Crippen LogP contribution is -2.02. The van der Waals surface area contributed by atoms with Crippen LogP contribution in [0.3, 0.4) is 0 Å². The van der Waals surface area contributed by atoms with Crippen molar-refractivity contribution >= 4 is 11.6 Å². The van der Waals surface area contributed by atoms with Gasteiger partial charge in [-0.1, -0.05) is 17.7 Å². The first kappa shape index (κ1) is 9.36. The van der Waals surface area contributed by atoms with Gasteiger partial charge in [0.25, 0.3) is 0 Å². The minimum Gasteiger partial charge on any atom is -0.493 e. The van der Waals surface area contributed by atoms with E-state index in [4.69, 9.17) is 22.1 Å². The first-order valence-corrected chi connectivity index (χ1v) is 4.27. The van der Waals surface area contributed by atoms with E-state index in [1.54, 1.807) is 0 Å². The molecule has 0 saturated carbocycles. The lowest BCUT2D eigenvalue weighted by atomic mass is 10.2. The number of ether oxygens (including phenoxy) is 1. The van der Waals surface area contributed by atoms with Crippen molar-refractivity contribution in [2.45, 2.75) is 13.5 Å². The largest absolute Gasteiger partial charge is 0.493 e. The molecule has 0 aliphatic carbocycles. The molecular weight excluding hydrogens is 174 g/mol. The molecule has 2 N–H and O–H groups in total. The minimum absolute atomic E-state index is 0.412. The molecule has 12 heavy (non-hydrogen) atoms. The summed E-state index contributed by atoms with van der Waals surface area (Å²) in [6, 6.07) is 5.54. The van der Waals surface area contributed by atoms with Gasteiger partial charge in [0.2, 0.25) is 0 Å². The van der Waals surface area contributed by atoms with Crippen LogP contribution in [-0.4, -0.2) is 6.61 Å². The van der Waals surface area contributed by atoms with Gasteiger partial charge in [-0.25, -0.2) is 0 Å². The second-order valence-electron chi connectivity index (χ2n) is 2.35. The Kier molecular flexibility index (Phi) is 3.38. The van der Waals surface area contributed by atoms with E-state index in [0.29, 0.717) is 18.2 Å². The average Bonchev–Trinajstić information content (AvgIpc) is 2.05. The number of nitrogens with two attached hydrogens (primary N) is 1. The van der Waals surface area contributed by atoms with Crippen LogP contribution in [0, 0.1) is 0 Å². The molecule has 0 fully saturated rings. The highest BCUT2D eigenvalue weighted by molar-refractivity contribution is 6.31. The minimum atomic E-state index is 0.412. The molecule has 0 spiro atoms. The van der Waals surface area contributed by atoms with Gasteiger partial charge in [0.05, 0.1) is 6.61 Å². The third kappa shape index (κ3) is 1.90. The van der Waals surface area contributed by atoms with Crippen molar-refractivity contribution in [3.05, 3.63) is 28.8 Å². The standard InChI is InChI=1S/C9H12ClNO/c1-2-12-9-5-3-4-8(10)7(9)6-11/h3-5H,2,6,11H2,1H3. The second kappa shape index (κ2) is 4.33. The molecule has 3 heteroatoms. The first-order chi connectivity index (χ1) is 5.79. The van der Waals surface area contributed by atoms with Crippen LogP contribution < -0.4 is 10.5 Å². The summed E-state index contributed by atoms with van der Waals surface area (Å²) < 4.78 is 5.34. The number of halogens is 1. The van der Waals surface area contributed by atoms with Crippen molar-refractivity contribution in [1.29, 1.82) is 0 Å². The van der Waals surface area contributed by atoms with Crippen molar-refractivity contribution in [1.82, 2.24) is 0 Å². The predicted molar refractivity (Wildman–Crippen MR) is 50.5 cm³/mol. The van der Waals surface area contributed by atoms with E-state index in [1.807, 2.05) is 25.1 Å². The molecule has 0 atom stereocenters. The van der Waals surface area contributed by atoms with Crippen LogP contribution in [0.4, 0.5) is 0 Å². The van der Waals surface area contributed by atoms with Crippen molar-refractivity contribution in [2.75, 3.05) is 6.61 Å². The molecule has 0 radical (unpaired) electrons. The zero-order valence-corrected chi connectivity index (χ0v) is 7.77. The van der Waals surface area contributed by atoms with Crippen LogP contribution in [0.1, 0.15) is 12.5 Å². The summed E-state index contributed by atoms with van der Waals surface area (Å²) in [5.74, 6) is 0.785. The van der Waals surface area contributed by atoms with Gasteiger partial charge in [-0.2, -0.15) is 0 Å². The molecule has 0 amide bonds. The van der Waals surface area contributed by atoms with Crippen LogP contribution in [-0.2, 0) is 6.54 Å². The molecule has 1 rings (SSSR count). The second-order valence-corrected chi connectivity index (χ2v) is 2.76. The molecule has 0 bridgehead atoms. The molecule has 0 unspecified atom stereocenters. The number of hydrogen-bond acceptors (Lipinski definition) is 2. The molecule has 0 aromatic heterocycles. The molecule has 1 aromatic rings. The Morgan fingerprint density at radius 1 is 1.50 bits per heavy atom. The average molecular weight is 186 g/mol. The molecule has 0 saturated heterocycles. The van der Waals surface area contributed by atoms with Gasteiger partial charge in [-0.05, 0) is 19.1 Å². The molecule has 0 aliphatic rings. The highest BCUT2D eigenvalue weighted by Gasteiger charge is 2.04. The summed E-state index contributed by atoms with van der Waals surface area (Å²) in [6.07, 6.45) is 0. The fourth-order valence-electron chi connectivity index (χ4n) is 1.03. The fourth-order valence-corrected chi connectivity index (χ4v) is 1.27. The zero-order valence-electron chi connectivity index (χ0n) is 7.01. The number of hydrogen-bond donors (Lipinski definition) is 1. The van der Waals surface area contributed by atoms with E-state index in [2.05, 4.69) is 0 Å². The van der Waals surface area contributed by atoms with E-state index >= 15 is 0 Å². The Bertz CT molecular complexity index is 263. The van der Waals surface area contributed by atoms with E-state index in [-0.39, 0.29) is 0 Å². The SMILES string of the molecule is CCOc1cccc(Cl)c1CN. The number of rotatable bonds is 3. The Balaban J connectivity index is 3.00. The summed E-state index contributed by atoms with van der Waals surface area (Å²) in [5, 5.41) is 0.670. The van der Waals surface area contributed by atoms with Gasteiger partial charge in [0.1, 0.15) is 5.75 Å². The lowest BCUT2D eigenvalue weighted by molar-refractivity contribution is 0.336. The third-order valence-electron chi connectivity index (χ3n) is 1.58. The summed E-state index contributed by atoms with van der Waals surface area (Å²) >= 11 is 5.91. The third-order valence-corrected chi connectivity index (χ3v) is 1.93. The topological polar surface area (TPSA) is 35.2 Å². The molecular formula is C9H12ClNO. The maximum absolute atomic E-state index is 5.91. The highest BCUT2D eigenvalue weighted by atomic mass is 35.5. The van der Waals surface area contributed by atoms with Gasteiger partial charge in [0, 0.05) is 17.1 Å². The van der Waals surface area contributed by atoms with Gasteiger partial charge in [-0.15, -0.1) is 0 Å². The van der Waals surface area contributed by atoms with E-state index in [9.17, 15) is 0 Å². The maximum atomic E-state index is 5.91.